The topological polar surface area (TPSA) is 63.9 Å². The lowest BCUT2D eigenvalue weighted by molar-refractivity contribution is -0.136. The number of aryl methyl sites for hydroxylation is 1. The van der Waals surface area contributed by atoms with E-state index >= 15 is 0 Å². The number of nitrogens with zero attached hydrogens (tertiary/aromatic N) is 3. The third kappa shape index (κ3) is 4.00. The van der Waals surface area contributed by atoms with Crippen LogP contribution in [0.25, 0.3) is 5.65 Å². The molecule has 2 heterocycles. The lowest BCUT2D eigenvalue weighted by Crippen LogP contribution is -2.41. The number of ether oxygens (including phenoxy) is 1. The second kappa shape index (κ2) is 7.25. The quantitative estimate of drug-likeness (QED) is 0.801. The molecule has 0 saturated heterocycles. The Hall–Kier alpha value is -2.37. The molecular weight excluding hydrogens is 318 g/mol. The average Bonchev–Trinajstić information content (AvgIpc) is 3.02. The van der Waals surface area contributed by atoms with Crippen molar-refractivity contribution in [2.45, 2.75) is 45.6 Å². The Bertz CT molecular complexity index is 775. The zero-order chi connectivity index (χ0) is 18.0. The minimum Gasteiger partial charge on any atom is -0.451 e. The van der Waals surface area contributed by atoms with Crippen LogP contribution in [0.3, 0.4) is 0 Å². The van der Waals surface area contributed by atoms with Crippen LogP contribution in [-0.2, 0) is 9.53 Å². The lowest BCUT2D eigenvalue weighted by atomic mass is 9.87. The zero-order valence-corrected chi connectivity index (χ0v) is 15.1. The summed E-state index contributed by atoms with van der Waals surface area (Å²) in [5, 5.41) is 0. The van der Waals surface area contributed by atoms with Crippen LogP contribution in [0.4, 0.5) is 0 Å². The van der Waals surface area contributed by atoms with Crippen LogP contribution >= 0.6 is 0 Å². The van der Waals surface area contributed by atoms with Crippen LogP contribution in [0.5, 0.6) is 0 Å². The van der Waals surface area contributed by atoms with Gasteiger partial charge in [0, 0.05) is 25.5 Å². The van der Waals surface area contributed by atoms with E-state index < -0.39 is 5.97 Å². The first-order chi connectivity index (χ1) is 11.9. The molecule has 2 aromatic heterocycles. The highest BCUT2D eigenvalue weighted by Crippen LogP contribution is 2.26. The van der Waals surface area contributed by atoms with E-state index in [2.05, 4.69) is 11.9 Å². The fourth-order valence-corrected chi connectivity index (χ4v) is 3.32. The Morgan fingerprint density at radius 1 is 1.32 bits per heavy atom. The van der Waals surface area contributed by atoms with Crippen molar-refractivity contribution in [1.29, 1.82) is 0 Å². The molecule has 6 nitrogen and oxygen atoms in total. The molecule has 2 aromatic rings. The van der Waals surface area contributed by atoms with Crippen LogP contribution in [0, 0.1) is 12.8 Å². The maximum atomic E-state index is 12.3. The summed E-state index contributed by atoms with van der Waals surface area (Å²) in [6, 6.07) is 4.08. The molecule has 0 bridgehead atoms. The van der Waals surface area contributed by atoms with Gasteiger partial charge in [0.25, 0.3) is 5.91 Å². The summed E-state index contributed by atoms with van der Waals surface area (Å²) < 4.78 is 6.94. The van der Waals surface area contributed by atoms with E-state index in [0.717, 1.165) is 37.2 Å². The van der Waals surface area contributed by atoms with E-state index in [0.29, 0.717) is 5.65 Å². The van der Waals surface area contributed by atoms with Gasteiger partial charge in [-0.25, -0.2) is 9.78 Å². The van der Waals surface area contributed by atoms with Crippen molar-refractivity contribution in [1.82, 2.24) is 14.3 Å². The number of rotatable bonds is 4. The Morgan fingerprint density at radius 3 is 2.76 bits per heavy atom. The number of aromatic nitrogens is 2. The number of esters is 1. The Kier molecular flexibility index (Phi) is 5.06. The largest absolute Gasteiger partial charge is 0.451 e. The van der Waals surface area contributed by atoms with Crippen molar-refractivity contribution in [3.63, 3.8) is 0 Å². The molecule has 25 heavy (non-hydrogen) atoms. The normalized spacial score (nSPS) is 20.4. The summed E-state index contributed by atoms with van der Waals surface area (Å²) in [7, 11) is 1.80. The molecule has 1 saturated carbocycles. The number of carbonyl (C=O) groups is 2. The second-order valence-corrected chi connectivity index (χ2v) is 7.09. The van der Waals surface area contributed by atoms with Crippen molar-refractivity contribution in [2.75, 3.05) is 13.7 Å². The van der Waals surface area contributed by atoms with Gasteiger partial charge in [-0.05, 0) is 56.2 Å². The Morgan fingerprint density at radius 2 is 2.04 bits per heavy atom. The molecule has 0 radical (unpaired) electrons. The molecule has 1 aliphatic rings. The predicted octanol–water partition coefficient (Wildman–Crippen LogP) is 2.84. The number of pyridine rings is 1. The molecule has 0 atom stereocenters. The minimum absolute atomic E-state index is 0.160. The van der Waals surface area contributed by atoms with Crippen molar-refractivity contribution < 1.29 is 14.3 Å². The van der Waals surface area contributed by atoms with Crippen LogP contribution < -0.4 is 0 Å². The molecule has 1 fully saturated rings. The molecule has 1 aliphatic carbocycles. The molecule has 0 N–H and O–H groups in total. The van der Waals surface area contributed by atoms with E-state index in [4.69, 9.17) is 4.74 Å². The van der Waals surface area contributed by atoms with Crippen molar-refractivity contribution in [2.24, 2.45) is 5.92 Å². The first-order valence-electron chi connectivity index (χ1n) is 8.82. The molecule has 0 aromatic carbocycles. The van der Waals surface area contributed by atoms with Gasteiger partial charge in [-0.3, -0.25) is 4.79 Å². The van der Waals surface area contributed by atoms with Gasteiger partial charge in [0.05, 0.1) is 0 Å². The molecule has 134 valence electrons. The van der Waals surface area contributed by atoms with E-state index in [9.17, 15) is 9.59 Å². The van der Waals surface area contributed by atoms with Crippen LogP contribution in [-0.4, -0.2) is 45.9 Å². The predicted molar refractivity (Wildman–Crippen MR) is 94.4 cm³/mol. The van der Waals surface area contributed by atoms with Gasteiger partial charge in [-0.1, -0.05) is 6.92 Å². The lowest BCUT2D eigenvalue weighted by Gasteiger charge is -2.33. The van der Waals surface area contributed by atoms with Crippen molar-refractivity contribution in [3.05, 3.63) is 35.8 Å². The first-order valence-corrected chi connectivity index (χ1v) is 8.82. The molecular formula is C19H25N3O3. The van der Waals surface area contributed by atoms with Gasteiger partial charge >= 0.3 is 5.97 Å². The number of imidazole rings is 1. The third-order valence-corrected chi connectivity index (χ3v) is 5.08. The number of likely N-dealkylation sites (N-methyl/N-ethyl adjacent to an activating group) is 1. The van der Waals surface area contributed by atoms with E-state index in [1.54, 1.807) is 22.5 Å². The zero-order valence-electron chi connectivity index (χ0n) is 15.1. The maximum absolute atomic E-state index is 12.3. The summed E-state index contributed by atoms with van der Waals surface area (Å²) in [6.07, 6.45) is 7.78. The summed E-state index contributed by atoms with van der Waals surface area (Å²) >= 11 is 0. The van der Waals surface area contributed by atoms with E-state index in [1.165, 1.54) is 0 Å². The van der Waals surface area contributed by atoms with Gasteiger partial charge in [-0.2, -0.15) is 0 Å². The molecule has 0 spiro atoms. The monoisotopic (exact) mass is 343 g/mol. The van der Waals surface area contributed by atoms with Gasteiger partial charge < -0.3 is 14.0 Å². The molecule has 1 amide bonds. The molecule has 6 heteroatoms. The van der Waals surface area contributed by atoms with Gasteiger partial charge in [0.1, 0.15) is 5.65 Å². The maximum Gasteiger partial charge on any atom is 0.359 e. The summed E-state index contributed by atoms with van der Waals surface area (Å²) in [5.41, 5.74) is 1.97. The van der Waals surface area contributed by atoms with Gasteiger partial charge in [0.2, 0.25) is 0 Å². The van der Waals surface area contributed by atoms with Crippen LogP contribution in [0.1, 0.15) is 48.7 Å². The fraction of sp³-hybridized carbons (Fsp3) is 0.526. The van der Waals surface area contributed by atoms with E-state index in [-0.39, 0.29) is 24.2 Å². The number of amides is 1. The smallest absolute Gasteiger partial charge is 0.359 e. The van der Waals surface area contributed by atoms with E-state index in [1.807, 2.05) is 25.3 Å². The number of fused-ring (bicyclic) bond motifs is 1. The minimum atomic E-state index is -0.569. The van der Waals surface area contributed by atoms with Crippen molar-refractivity contribution >= 4 is 17.5 Å². The van der Waals surface area contributed by atoms with Crippen LogP contribution in [0.15, 0.2) is 24.5 Å². The van der Waals surface area contributed by atoms with Gasteiger partial charge in [-0.15, -0.1) is 0 Å². The number of hydrogen-bond acceptors (Lipinski definition) is 4. The summed E-state index contributed by atoms with van der Waals surface area (Å²) in [4.78, 5) is 30.5. The molecule has 3 rings (SSSR count). The van der Waals surface area contributed by atoms with Crippen LogP contribution in [0.2, 0.25) is 0 Å². The standard InChI is InChI=1S/C19H25N3O3/c1-13-4-6-15(7-5-13)21(3)18(23)12-25-19(24)16-11-22-9-8-14(2)10-17(22)20-16/h8-11,13,15H,4-7,12H2,1-3H3. The Balaban J connectivity index is 1.56. The fourth-order valence-electron chi connectivity index (χ4n) is 3.32. The second-order valence-electron chi connectivity index (χ2n) is 7.09. The highest BCUT2D eigenvalue weighted by molar-refractivity contribution is 5.90. The Labute approximate surface area is 147 Å². The van der Waals surface area contributed by atoms with Crippen molar-refractivity contribution in [3.8, 4) is 0 Å². The third-order valence-electron chi connectivity index (χ3n) is 5.08. The number of hydrogen-bond donors (Lipinski definition) is 0. The first kappa shape index (κ1) is 17.5. The van der Waals surface area contributed by atoms with Gasteiger partial charge in [0.15, 0.2) is 12.3 Å². The highest BCUT2D eigenvalue weighted by Gasteiger charge is 2.25. The SMILES string of the molecule is Cc1ccn2cc(C(=O)OCC(=O)N(C)C3CCC(C)CC3)nc2c1. The average molecular weight is 343 g/mol. The molecule has 0 aliphatic heterocycles. The summed E-state index contributed by atoms with van der Waals surface area (Å²) in [6.45, 7) is 3.97. The highest BCUT2D eigenvalue weighted by atomic mass is 16.5. The molecule has 0 unspecified atom stereocenters. The number of carbonyl (C=O) groups excluding carboxylic acids is 2. The summed E-state index contributed by atoms with van der Waals surface area (Å²) in [5.74, 6) is 0.00384.